The van der Waals surface area contributed by atoms with Crippen LogP contribution in [0.1, 0.15) is 18.1 Å². The minimum atomic E-state index is 0.580. The first-order valence-corrected chi connectivity index (χ1v) is 9.86. The van der Waals surface area contributed by atoms with Gasteiger partial charge in [-0.05, 0) is 48.7 Å². The molecule has 1 aromatic heterocycles. The average molecular weight is 413 g/mol. The first-order valence-electron chi connectivity index (χ1n) is 9.48. The smallest absolute Gasteiger partial charge is 0.191 e. The molecule has 29 heavy (non-hydrogen) atoms. The minimum Gasteiger partial charge on any atom is -0.497 e. The lowest BCUT2D eigenvalue weighted by molar-refractivity contribution is 0.414. The van der Waals surface area contributed by atoms with Crippen molar-refractivity contribution in [3.05, 3.63) is 71.3 Å². The van der Waals surface area contributed by atoms with Crippen molar-refractivity contribution in [2.45, 2.75) is 19.9 Å². The molecule has 8 heteroatoms. The van der Waals surface area contributed by atoms with E-state index in [0.29, 0.717) is 11.6 Å². The number of methoxy groups -OCH3 is 1. The topological polar surface area (TPSA) is 76.4 Å². The predicted octanol–water partition coefficient (Wildman–Crippen LogP) is 3.23. The Labute approximate surface area is 175 Å². The van der Waals surface area contributed by atoms with Gasteiger partial charge >= 0.3 is 0 Å². The van der Waals surface area contributed by atoms with E-state index in [1.807, 2.05) is 49.4 Å². The predicted molar refractivity (Wildman–Crippen MR) is 116 cm³/mol. The molecule has 0 atom stereocenters. The number of rotatable bonds is 8. The van der Waals surface area contributed by atoms with E-state index in [2.05, 4.69) is 25.7 Å². The minimum absolute atomic E-state index is 0.580. The molecule has 3 aromatic rings. The Hall–Kier alpha value is -3.06. The van der Waals surface area contributed by atoms with E-state index >= 15 is 0 Å². The van der Waals surface area contributed by atoms with Crippen LogP contribution in [0.25, 0.3) is 5.69 Å². The summed E-state index contributed by atoms with van der Waals surface area (Å²) in [5.74, 6) is 1.54. The summed E-state index contributed by atoms with van der Waals surface area (Å²) in [7, 11) is 1.63. The van der Waals surface area contributed by atoms with Crippen molar-refractivity contribution in [1.29, 1.82) is 0 Å². The molecular weight excluding hydrogens is 388 g/mol. The van der Waals surface area contributed by atoms with Crippen LogP contribution in [-0.2, 0) is 13.0 Å². The first-order chi connectivity index (χ1) is 14.2. The summed E-state index contributed by atoms with van der Waals surface area (Å²) in [5, 5.41) is 11.5. The van der Waals surface area contributed by atoms with Crippen LogP contribution in [-0.4, -0.2) is 40.9 Å². The molecule has 0 unspecified atom stereocenters. The van der Waals surface area contributed by atoms with Gasteiger partial charge < -0.3 is 15.4 Å². The fourth-order valence-electron chi connectivity index (χ4n) is 2.78. The molecule has 1 heterocycles. The van der Waals surface area contributed by atoms with Crippen LogP contribution in [0, 0.1) is 0 Å². The summed E-state index contributed by atoms with van der Waals surface area (Å²) in [5.41, 5.74) is 3.15. The highest BCUT2D eigenvalue weighted by Crippen LogP contribution is 2.22. The monoisotopic (exact) mass is 412 g/mol. The van der Waals surface area contributed by atoms with Gasteiger partial charge in [-0.3, -0.25) is 0 Å². The maximum absolute atomic E-state index is 6.31. The fraction of sp³-hybridized carbons (Fsp3) is 0.286. The maximum Gasteiger partial charge on any atom is 0.191 e. The molecule has 0 radical (unpaired) electrons. The molecule has 0 saturated carbocycles. The SMILES string of the molecule is CCNC(=NCc1ccc(-n2cncn2)cc1)NCCc1ccc(OC)cc1Cl. The van der Waals surface area contributed by atoms with Crippen molar-refractivity contribution in [2.24, 2.45) is 4.99 Å². The molecule has 0 aliphatic heterocycles. The van der Waals surface area contributed by atoms with E-state index in [-0.39, 0.29) is 0 Å². The van der Waals surface area contributed by atoms with Crippen molar-refractivity contribution in [3.63, 3.8) is 0 Å². The van der Waals surface area contributed by atoms with Gasteiger partial charge in [0.25, 0.3) is 0 Å². The zero-order valence-electron chi connectivity index (χ0n) is 16.6. The number of halogens is 1. The van der Waals surface area contributed by atoms with Crippen molar-refractivity contribution in [3.8, 4) is 11.4 Å². The van der Waals surface area contributed by atoms with Gasteiger partial charge in [-0.25, -0.2) is 14.7 Å². The second-order valence-corrected chi connectivity index (χ2v) is 6.74. The summed E-state index contributed by atoms with van der Waals surface area (Å²) in [6, 6.07) is 13.8. The Balaban J connectivity index is 1.55. The zero-order chi connectivity index (χ0) is 20.5. The molecule has 0 fully saturated rings. The van der Waals surface area contributed by atoms with E-state index in [1.165, 1.54) is 6.33 Å². The van der Waals surface area contributed by atoms with Crippen LogP contribution < -0.4 is 15.4 Å². The molecule has 2 aromatic carbocycles. The third-order valence-electron chi connectivity index (χ3n) is 4.33. The molecule has 0 spiro atoms. The molecule has 0 bridgehead atoms. The van der Waals surface area contributed by atoms with E-state index in [4.69, 9.17) is 16.3 Å². The van der Waals surface area contributed by atoms with Crippen molar-refractivity contribution in [1.82, 2.24) is 25.4 Å². The number of hydrogen-bond donors (Lipinski definition) is 2. The highest BCUT2D eigenvalue weighted by atomic mass is 35.5. The third kappa shape index (κ3) is 5.96. The lowest BCUT2D eigenvalue weighted by Crippen LogP contribution is -2.38. The summed E-state index contributed by atoms with van der Waals surface area (Å²) >= 11 is 6.31. The second kappa shape index (κ2) is 10.5. The zero-order valence-corrected chi connectivity index (χ0v) is 17.4. The lowest BCUT2D eigenvalue weighted by Gasteiger charge is -2.12. The lowest BCUT2D eigenvalue weighted by atomic mass is 10.1. The first kappa shape index (κ1) is 20.7. The van der Waals surface area contributed by atoms with Crippen LogP contribution >= 0.6 is 11.6 Å². The van der Waals surface area contributed by atoms with Gasteiger partial charge in [0.05, 0.1) is 19.3 Å². The second-order valence-electron chi connectivity index (χ2n) is 6.34. The highest BCUT2D eigenvalue weighted by molar-refractivity contribution is 6.31. The number of aromatic nitrogens is 3. The fourth-order valence-corrected chi connectivity index (χ4v) is 3.05. The maximum atomic E-state index is 6.31. The third-order valence-corrected chi connectivity index (χ3v) is 4.68. The Morgan fingerprint density at radius 3 is 2.66 bits per heavy atom. The van der Waals surface area contributed by atoms with Crippen molar-refractivity contribution in [2.75, 3.05) is 20.2 Å². The van der Waals surface area contributed by atoms with Crippen LogP contribution in [0.5, 0.6) is 5.75 Å². The summed E-state index contributed by atoms with van der Waals surface area (Å²) < 4.78 is 6.92. The van der Waals surface area contributed by atoms with E-state index < -0.39 is 0 Å². The standard InChI is InChI=1S/C21H25ClN6O/c1-3-24-21(25-11-10-17-6-9-19(29-2)12-20(17)22)26-13-16-4-7-18(8-5-16)28-15-23-14-27-28/h4-9,12,14-15H,3,10-11,13H2,1-2H3,(H2,24,25,26). The van der Waals surface area contributed by atoms with Crippen LogP contribution in [0.3, 0.4) is 0 Å². The number of ether oxygens (including phenoxy) is 1. The Morgan fingerprint density at radius 2 is 2.00 bits per heavy atom. The van der Waals surface area contributed by atoms with E-state index in [1.54, 1.807) is 18.1 Å². The van der Waals surface area contributed by atoms with Gasteiger partial charge in [0.15, 0.2) is 5.96 Å². The molecule has 3 rings (SSSR count). The molecule has 0 aliphatic carbocycles. The Bertz CT molecular complexity index is 925. The number of nitrogens with one attached hydrogen (secondary N) is 2. The van der Waals surface area contributed by atoms with Gasteiger partial charge in [-0.1, -0.05) is 29.8 Å². The van der Waals surface area contributed by atoms with Crippen LogP contribution in [0.4, 0.5) is 0 Å². The van der Waals surface area contributed by atoms with Crippen molar-refractivity contribution < 1.29 is 4.74 Å². The van der Waals surface area contributed by atoms with Crippen LogP contribution in [0.2, 0.25) is 5.02 Å². The molecular formula is C21H25ClN6O. The quantitative estimate of drug-likeness (QED) is 0.439. The van der Waals surface area contributed by atoms with Gasteiger partial charge in [0.2, 0.25) is 0 Å². The number of nitrogens with zero attached hydrogens (tertiary/aromatic N) is 4. The number of hydrogen-bond acceptors (Lipinski definition) is 4. The molecule has 0 aliphatic rings. The Kier molecular flexibility index (Phi) is 7.47. The van der Waals surface area contributed by atoms with Gasteiger partial charge in [-0.15, -0.1) is 0 Å². The normalized spacial score (nSPS) is 11.3. The van der Waals surface area contributed by atoms with Crippen LogP contribution in [0.15, 0.2) is 60.1 Å². The molecule has 0 saturated heterocycles. The largest absolute Gasteiger partial charge is 0.497 e. The highest BCUT2D eigenvalue weighted by Gasteiger charge is 2.04. The van der Waals surface area contributed by atoms with E-state index in [9.17, 15) is 0 Å². The Morgan fingerprint density at radius 1 is 1.17 bits per heavy atom. The summed E-state index contributed by atoms with van der Waals surface area (Å²) in [6.07, 6.45) is 3.99. The number of guanidine groups is 1. The average Bonchev–Trinajstić information content (AvgIpc) is 3.28. The summed E-state index contributed by atoms with van der Waals surface area (Å²) in [4.78, 5) is 8.63. The number of aliphatic imine (C=N–C) groups is 1. The van der Waals surface area contributed by atoms with Crippen molar-refractivity contribution >= 4 is 17.6 Å². The van der Waals surface area contributed by atoms with Gasteiger partial charge in [0.1, 0.15) is 18.4 Å². The molecule has 2 N–H and O–H groups in total. The van der Waals surface area contributed by atoms with Gasteiger partial charge in [0, 0.05) is 18.1 Å². The molecule has 152 valence electrons. The molecule has 0 amide bonds. The van der Waals surface area contributed by atoms with E-state index in [0.717, 1.165) is 48.0 Å². The summed E-state index contributed by atoms with van der Waals surface area (Å²) in [6.45, 7) is 4.14. The number of benzene rings is 2. The molecule has 7 nitrogen and oxygen atoms in total. The van der Waals surface area contributed by atoms with Gasteiger partial charge in [-0.2, -0.15) is 5.10 Å².